The van der Waals surface area contributed by atoms with E-state index in [1.54, 1.807) is 0 Å². The molecule has 1 N–H and O–H groups in total. The quantitative estimate of drug-likeness (QED) is 0.485. The smallest absolute Gasteiger partial charge is 0.251 e. The molecule has 6 heteroatoms. The lowest BCUT2D eigenvalue weighted by Crippen LogP contribution is -2.46. The Balaban J connectivity index is 1.92. The van der Waals surface area contributed by atoms with Gasteiger partial charge in [-0.1, -0.05) is 43.7 Å². The van der Waals surface area contributed by atoms with E-state index in [4.69, 9.17) is 4.98 Å². The summed E-state index contributed by atoms with van der Waals surface area (Å²) in [5, 5.41) is 3.06. The van der Waals surface area contributed by atoms with Crippen molar-refractivity contribution in [2.45, 2.75) is 79.1 Å². The Kier molecular flexibility index (Phi) is 7.90. The SMILES string of the molecule is CCC(C)N(C(=O)Cn1c(C(C)NC(=O)c2ccc(C)cc2)nc2ccccc21)C(C)CC. The number of amides is 2. The van der Waals surface area contributed by atoms with Gasteiger partial charge in [-0.15, -0.1) is 0 Å². The zero-order chi connectivity index (χ0) is 24.1. The normalized spacial score (nSPS) is 14.0. The number of imidazole rings is 1. The molecular formula is C27H36N4O2. The summed E-state index contributed by atoms with van der Waals surface area (Å²) in [4.78, 5) is 33.1. The number of benzene rings is 2. The van der Waals surface area contributed by atoms with Gasteiger partial charge in [0, 0.05) is 17.6 Å². The predicted molar refractivity (Wildman–Crippen MR) is 133 cm³/mol. The van der Waals surface area contributed by atoms with Crippen molar-refractivity contribution in [3.8, 4) is 0 Å². The fourth-order valence-corrected chi connectivity index (χ4v) is 4.18. The number of para-hydroxylation sites is 2. The van der Waals surface area contributed by atoms with Gasteiger partial charge in [-0.2, -0.15) is 0 Å². The van der Waals surface area contributed by atoms with Crippen LogP contribution in [0, 0.1) is 6.92 Å². The van der Waals surface area contributed by atoms with Gasteiger partial charge in [-0.3, -0.25) is 9.59 Å². The summed E-state index contributed by atoms with van der Waals surface area (Å²) < 4.78 is 1.95. The largest absolute Gasteiger partial charge is 0.342 e. The van der Waals surface area contributed by atoms with Crippen LogP contribution in [0.25, 0.3) is 11.0 Å². The monoisotopic (exact) mass is 448 g/mol. The standard InChI is InChI=1S/C27H36N4O2/c1-7-19(4)31(20(5)8-2)25(32)17-30-24-12-10-9-11-23(24)29-26(30)21(6)28-27(33)22-15-13-18(3)14-16-22/h9-16,19-21H,7-8,17H2,1-6H3,(H,28,33). The first-order valence-corrected chi connectivity index (χ1v) is 11.9. The van der Waals surface area contributed by atoms with Gasteiger partial charge in [-0.25, -0.2) is 4.98 Å². The number of nitrogens with zero attached hydrogens (tertiary/aromatic N) is 3. The number of aryl methyl sites for hydroxylation is 1. The van der Waals surface area contributed by atoms with Gasteiger partial charge in [0.1, 0.15) is 12.4 Å². The molecule has 33 heavy (non-hydrogen) atoms. The number of nitrogens with one attached hydrogen (secondary N) is 1. The van der Waals surface area contributed by atoms with Crippen molar-refractivity contribution in [2.75, 3.05) is 0 Å². The molecule has 0 bridgehead atoms. The molecule has 3 atom stereocenters. The zero-order valence-corrected chi connectivity index (χ0v) is 20.6. The second-order valence-electron chi connectivity index (χ2n) is 8.92. The average molecular weight is 449 g/mol. The lowest BCUT2D eigenvalue weighted by Gasteiger charge is -2.34. The van der Waals surface area contributed by atoms with Crippen molar-refractivity contribution < 1.29 is 9.59 Å². The van der Waals surface area contributed by atoms with Crippen LogP contribution >= 0.6 is 0 Å². The Labute approximate surface area is 197 Å². The maximum atomic E-state index is 13.5. The van der Waals surface area contributed by atoms with Crippen molar-refractivity contribution in [1.29, 1.82) is 0 Å². The van der Waals surface area contributed by atoms with Crippen molar-refractivity contribution in [2.24, 2.45) is 0 Å². The third kappa shape index (κ3) is 5.44. The Bertz CT molecular complexity index is 1090. The maximum Gasteiger partial charge on any atom is 0.251 e. The topological polar surface area (TPSA) is 67.2 Å². The van der Waals surface area contributed by atoms with Crippen molar-refractivity contribution in [3.63, 3.8) is 0 Å². The van der Waals surface area contributed by atoms with E-state index in [0.717, 1.165) is 29.4 Å². The van der Waals surface area contributed by atoms with Crippen LogP contribution in [0.3, 0.4) is 0 Å². The van der Waals surface area contributed by atoms with Crippen LogP contribution in [0.4, 0.5) is 0 Å². The summed E-state index contributed by atoms with van der Waals surface area (Å²) in [5.74, 6) is 0.590. The molecule has 0 aliphatic rings. The van der Waals surface area contributed by atoms with Crippen molar-refractivity contribution >= 4 is 22.8 Å². The van der Waals surface area contributed by atoms with Crippen LogP contribution in [0.5, 0.6) is 0 Å². The lowest BCUT2D eigenvalue weighted by molar-refractivity contribution is -0.136. The molecule has 0 aliphatic carbocycles. The second-order valence-corrected chi connectivity index (χ2v) is 8.92. The molecule has 0 radical (unpaired) electrons. The summed E-state index contributed by atoms with van der Waals surface area (Å²) >= 11 is 0. The summed E-state index contributed by atoms with van der Waals surface area (Å²) in [6, 6.07) is 15.2. The first-order valence-electron chi connectivity index (χ1n) is 11.9. The number of rotatable bonds is 9. The molecule has 1 aromatic heterocycles. The highest BCUT2D eigenvalue weighted by Gasteiger charge is 2.26. The molecule has 6 nitrogen and oxygen atoms in total. The van der Waals surface area contributed by atoms with E-state index >= 15 is 0 Å². The van der Waals surface area contributed by atoms with Gasteiger partial charge < -0.3 is 14.8 Å². The zero-order valence-electron chi connectivity index (χ0n) is 20.6. The van der Waals surface area contributed by atoms with E-state index in [-0.39, 0.29) is 36.5 Å². The molecular weight excluding hydrogens is 412 g/mol. The van der Waals surface area contributed by atoms with Crippen LogP contribution in [0.1, 0.15) is 75.2 Å². The van der Waals surface area contributed by atoms with Crippen molar-refractivity contribution in [1.82, 2.24) is 19.8 Å². The molecule has 1 heterocycles. The van der Waals surface area contributed by atoms with Crippen LogP contribution < -0.4 is 5.32 Å². The van der Waals surface area contributed by atoms with Gasteiger partial charge >= 0.3 is 0 Å². The van der Waals surface area contributed by atoms with Gasteiger partial charge in [-0.05, 0) is 64.8 Å². The molecule has 0 fully saturated rings. The van der Waals surface area contributed by atoms with Gasteiger partial charge in [0.2, 0.25) is 5.91 Å². The van der Waals surface area contributed by atoms with Crippen LogP contribution in [0.15, 0.2) is 48.5 Å². The number of aromatic nitrogens is 2. The van der Waals surface area contributed by atoms with E-state index < -0.39 is 0 Å². The summed E-state index contributed by atoms with van der Waals surface area (Å²) in [6.07, 6.45) is 1.80. The third-order valence-electron chi connectivity index (χ3n) is 6.45. The van der Waals surface area contributed by atoms with E-state index in [1.807, 2.05) is 71.8 Å². The first kappa shape index (κ1) is 24.5. The minimum atomic E-state index is -0.361. The van der Waals surface area contributed by atoms with Crippen molar-refractivity contribution in [3.05, 3.63) is 65.5 Å². The molecule has 0 spiro atoms. The van der Waals surface area contributed by atoms with Gasteiger partial charge in [0.05, 0.1) is 17.1 Å². The summed E-state index contributed by atoms with van der Waals surface area (Å²) in [7, 11) is 0. The number of fused-ring (bicyclic) bond motifs is 1. The van der Waals surface area contributed by atoms with E-state index in [0.29, 0.717) is 11.4 Å². The Morgan fingerprint density at radius 1 is 0.970 bits per heavy atom. The molecule has 0 saturated carbocycles. The van der Waals surface area contributed by atoms with Gasteiger partial charge in [0.15, 0.2) is 0 Å². The molecule has 3 unspecified atom stereocenters. The van der Waals surface area contributed by atoms with E-state index in [1.165, 1.54) is 0 Å². The lowest BCUT2D eigenvalue weighted by atomic mass is 10.1. The molecule has 2 aromatic carbocycles. The number of hydrogen-bond donors (Lipinski definition) is 1. The van der Waals surface area contributed by atoms with Gasteiger partial charge in [0.25, 0.3) is 5.91 Å². The Morgan fingerprint density at radius 3 is 2.18 bits per heavy atom. The minimum absolute atomic E-state index is 0.0696. The molecule has 3 rings (SSSR count). The highest BCUT2D eigenvalue weighted by atomic mass is 16.2. The highest BCUT2D eigenvalue weighted by molar-refractivity contribution is 5.94. The molecule has 0 saturated heterocycles. The summed E-state index contributed by atoms with van der Waals surface area (Å²) in [6.45, 7) is 12.5. The number of hydrogen-bond acceptors (Lipinski definition) is 3. The summed E-state index contributed by atoms with van der Waals surface area (Å²) in [5.41, 5.74) is 3.42. The number of carbonyl (C=O) groups excluding carboxylic acids is 2. The molecule has 0 aliphatic heterocycles. The van der Waals surface area contributed by atoms with Crippen LogP contribution in [-0.2, 0) is 11.3 Å². The van der Waals surface area contributed by atoms with Crippen LogP contribution in [0.2, 0.25) is 0 Å². The van der Waals surface area contributed by atoms with E-state index in [9.17, 15) is 9.59 Å². The number of carbonyl (C=O) groups is 2. The minimum Gasteiger partial charge on any atom is -0.342 e. The second kappa shape index (κ2) is 10.6. The third-order valence-corrected chi connectivity index (χ3v) is 6.45. The molecule has 3 aromatic rings. The molecule has 176 valence electrons. The first-order chi connectivity index (χ1) is 15.8. The van der Waals surface area contributed by atoms with E-state index in [2.05, 4.69) is 33.0 Å². The molecule has 2 amide bonds. The predicted octanol–water partition coefficient (Wildman–Crippen LogP) is 5.26. The average Bonchev–Trinajstić information content (AvgIpc) is 3.17. The van der Waals surface area contributed by atoms with Crippen LogP contribution in [-0.4, -0.2) is 38.3 Å². The maximum absolute atomic E-state index is 13.5. The fourth-order valence-electron chi connectivity index (χ4n) is 4.18. The highest BCUT2D eigenvalue weighted by Crippen LogP contribution is 2.23. The fraction of sp³-hybridized carbons (Fsp3) is 0.444. The Morgan fingerprint density at radius 2 is 1.58 bits per heavy atom. The Hall–Kier alpha value is -3.15.